The van der Waals surface area contributed by atoms with Crippen molar-refractivity contribution in [3.05, 3.63) is 12.4 Å². The average Bonchev–Trinajstić information content (AvgIpc) is 3.25. The lowest BCUT2D eigenvalue weighted by atomic mass is 10.0. The Hall–Kier alpha value is -0.660. The molecule has 2 heteroatoms. The molecule has 0 N–H and O–H groups in total. The maximum Gasteiger partial charge on any atom is 0.101 e. The summed E-state index contributed by atoms with van der Waals surface area (Å²) >= 11 is 0. The zero-order chi connectivity index (χ0) is 25.2. The quantitative estimate of drug-likeness (QED) is 0.106. The van der Waals surface area contributed by atoms with Gasteiger partial charge in [0.1, 0.15) is 6.17 Å². The van der Waals surface area contributed by atoms with Crippen molar-refractivity contribution in [2.24, 2.45) is 0 Å². The van der Waals surface area contributed by atoms with Crippen LogP contribution in [0.4, 0.5) is 0 Å². The first kappa shape index (κ1) is 32.4. The van der Waals surface area contributed by atoms with Gasteiger partial charge < -0.3 is 9.80 Å². The fraction of sp³-hybridized carbons (Fsp3) is 0.939. The van der Waals surface area contributed by atoms with Crippen molar-refractivity contribution in [3.8, 4) is 0 Å². The summed E-state index contributed by atoms with van der Waals surface area (Å²) < 4.78 is 0. The molecule has 0 bridgehead atoms. The summed E-state index contributed by atoms with van der Waals surface area (Å²) in [4.78, 5) is 5.37. The molecule has 0 spiro atoms. The summed E-state index contributed by atoms with van der Waals surface area (Å²) in [6, 6.07) is 0. The van der Waals surface area contributed by atoms with Crippen molar-refractivity contribution >= 4 is 0 Å². The van der Waals surface area contributed by atoms with Crippen LogP contribution in [0.5, 0.6) is 0 Å². The molecule has 1 heterocycles. The van der Waals surface area contributed by atoms with Gasteiger partial charge in [-0.05, 0) is 25.7 Å². The normalized spacial score (nSPS) is 15.6. The molecular weight excluding hydrogens is 424 g/mol. The molecule has 0 amide bonds. The first-order chi connectivity index (χ1) is 17.3. The van der Waals surface area contributed by atoms with Crippen LogP contribution in [0.15, 0.2) is 12.4 Å². The number of hydrogen-bond acceptors (Lipinski definition) is 2. The third-order valence-electron chi connectivity index (χ3n) is 8.07. The van der Waals surface area contributed by atoms with Crippen LogP contribution in [0.1, 0.15) is 181 Å². The molecule has 208 valence electrons. The zero-order valence-corrected chi connectivity index (χ0v) is 24.7. The molecular formula is C33H66N2. The van der Waals surface area contributed by atoms with E-state index in [2.05, 4.69) is 43.0 Å². The van der Waals surface area contributed by atoms with Crippen molar-refractivity contribution in [3.63, 3.8) is 0 Å². The van der Waals surface area contributed by atoms with Crippen LogP contribution in [-0.4, -0.2) is 29.1 Å². The molecule has 1 atom stereocenters. The lowest BCUT2D eigenvalue weighted by Crippen LogP contribution is -2.39. The van der Waals surface area contributed by atoms with Crippen LogP contribution >= 0.6 is 0 Å². The average molecular weight is 491 g/mol. The Morgan fingerprint density at radius 3 is 1.03 bits per heavy atom. The number of unbranched alkanes of at least 4 members (excludes halogenated alkanes) is 21. The van der Waals surface area contributed by atoms with E-state index >= 15 is 0 Å². The van der Waals surface area contributed by atoms with Crippen LogP contribution in [-0.2, 0) is 0 Å². The molecule has 0 aliphatic carbocycles. The van der Waals surface area contributed by atoms with E-state index in [1.807, 2.05) is 0 Å². The van der Waals surface area contributed by atoms with Gasteiger partial charge >= 0.3 is 0 Å². The van der Waals surface area contributed by atoms with Crippen molar-refractivity contribution in [2.45, 2.75) is 187 Å². The number of rotatable bonds is 27. The van der Waals surface area contributed by atoms with Crippen molar-refractivity contribution in [2.75, 3.05) is 13.1 Å². The highest BCUT2D eigenvalue weighted by Crippen LogP contribution is 2.24. The van der Waals surface area contributed by atoms with Crippen molar-refractivity contribution in [1.82, 2.24) is 9.80 Å². The molecule has 0 aromatic rings. The molecule has 0 radical (unpaired) electrons. The van der Waals surface area contributed by atoms with E-state index < -0.39 is 0 Å². The number of hydrogen-bond donors (Lipinski definition) is 0. The second-order valence-electron chi connectivity index (χ2n) is 11.5. The van der Waals surface area contributed by atoms with Crippen LogP contribution < -0.4 is 0 Å². The third-order valence-corrected chi connectivity index (χ3v) is 8.07. The van der Waals surface area contributed by atoms with Gasteiger partial charge in [-0.1, -0.05) is 156 Å². The van der Waals surface area contributed by atoms with Crippen LogP contribution in [0.2, 0.25) is 0 Å². The summed E-state index contributed by atoms with van der Waals surface area (Å²) in [5, 5.41) is 0. The molecule has 35 heavy (non-hydrogen) atoms. The molecule has 2 nitrogen and oxygen atoms in total. The van der Waals surface area contributed by atoms with E-state index in [0.29, 0.717) is 6.17 Å². The highest BCUT2D eigenvalue weighted by atomic mass is 15.4. The van der Waals surface area contributed by atoms with Crippen LogP contribution in [0.3, 0.4) is 0 Å². The van der Waals surface area contributed by atoms with E-state index in [-0.39, 0.29) is 0 Å². The summed E-state index contributed by atoms with van der Waals surface area (Å²) in [6.45, 7) is 9.46. The monoisotopic (exact) mass is 491 g/mol. The van der Waals surface area contributed by atoms with E-state index in [1.54, 1.807) is 0 Å². The first-order valence-electron chi connectivity index (χ1n) is 16.5. The minimum atomic E-state index is 0.643. The molecule has 0 saturated heterocycles. The Bertz CT molecular complexity index is 446. The summed E-state index contributed by atoms with van der Waals surface area (Å²) in [6.07, 6.45) is 41.0. The molecule has 0 fully saturated rings. The smallest absolute Gasteiger partial charge is 0.101 e. The second-order valence-corrected chi connectivity index (χ2v) is 11.5. The van der Waals surface area contributed by atoms with Crippen LogP contribution in [0, 0.1) is 0 Å². The zero-order valence-electron chi connectivity index (χ0n) is 24.7. The fourth-order valence-corrected chi connectivity index (χ4v) is 5.66. The van der Waals surface area contributed by atoms with E-state index in [9.17, 15) is 0 Å². The van der Waals surface area contributed by atoms with Gasteiger partial charge in [-0.3, -0.25) is 0 Å². The van der Waals surface area contributed by atoms with E-state index in [4.69, 9.17) is 0 Å². The Morgan fingerprint density at radius 2 is 0.657 bits per heavy atom. The van der Waals surface area contributed by atoms with Gasteiger partial charge in [-0.15, -0.1) is 0 Å². The van der Waals surface area contributed by atoms with Gasteiger partial charge in [0.25, 0.3) is 0 Å². The maximum atomic E-state index is 2.69. The molecule has 1 unspecified atom stereocenters. The minimum absolute atomic E-state index is 0.643. The molecule has 1 aliphatic rings. The SMILES string of the molecule is CCCCCCCCCCCCCC1N(CCCCCC)C=CN1CCCCCCCCCCC. The maximum absolute atomic E-state index is 2.69. The summed E-state index contributed by atoms with van der Waals surface area (Å²) in [7, 11) is 0. The lowest BCUT2D eigenvalue weighted by molar-refractivity contribution is 0.135. The molecule has 0 aromatic carbocycles. The largest absolute Gasteiger partial charge is 0.356 e. The molecule has 0 saturated carbocycles. The van der Waals surface area contributed by atoms with Crippen LogP contribution in [0.25, 0.3) is 0 Å². The Morgan fingerprint density at radius 1 is 0.371 bits per heavy atom. The Labute approximate surface area is 222 Å². The highest BCUT2D eigenvalue weighted by Gasteiger charge is 2.24. The van der Waals surface area contributed by atoms with Gasteiger partial charge in [0.2, 0.25) is 0 Å². The van der Waals surface area contributed by atoms with Crippen molar-refractivity contribution in [1.29, 1.82) is 0 Å². The topological polar surface area (TPSA) is 6.48 Å². The van der Waals surface area contributed by atoms with Gasteiger partial charge in [0.15, 0.2) is 0 Å². The predicted octanol–water partition coefficient (Wildman–Crippen LogP) is 11.2. The molecule has 1 rings (SSSR count). The first-order valence-corrected chi connectivity index (χ1v) is 16.5. The standard InChI is InChI=1S/C33H66N2/c1-4-7-10-13-15-17-18-19-21-23-25-28-33-34(29-26-12-9-6-3)31-32-35(33)30-27-24-22-20-16-14-11-8-5-2/h31-33H,4-30H2,1-3H3. The van der Waals surface area contributed by atoms with E-state index in [1.165, 1.54) is 174 Å². The van der Waals surface area contributed by atoms with Crippen molar-refractivity contribution < 1.29 is 0 Å². The summed E-state index contributed by atoms with van der Waals surface area (Å²) in [5.41, 5.74) is 0. The predicted molar refractivity (Wildman–Crippen MR) is 159 cm³/mol. The highest BCUT2D eigenvalue weighted by molar-refractivity contribution is 4.97. The molecule has 1 aliphatic heterocycles. The van der Waals surface area contributed by atoms with Gasteiger partial charge in [0, 0.05) is 25.5 Å². The Kier molecular flexibility index (Phi) is 23.1. The Balaban J connectivity index is 2.20. The fourth-order valence-electron chi connectivity index (χ4n) is 5.66. The number of nitrogens with zero attached hydrogens (tertiary/aromatic N) is 2. The lowest BCUT2D eigenvalue weighted by Gasteiger charge is -2.33. The second kappa shape index (κ2) is 25.0. The van der Waals surface area contributed by atoms with Gasteiger partial charge in [-0.25, -0.2) is 0 Å². The summed E-state index contributed by atoms with van der Waals surface area (Å²) in [5.74, 6) is 0. The third kappa shape index (κ3) is 18.3. The minimum Gasteiger partial charge on any atom is -0.356 e. The van der Waals surface area contributed by atoms with E-state index in [0.717, 1.165) is 0 Å². The molecule has 0 aromatic heterocycles. The van der Waals surface area contributed by atoms with Gasteiger partial charge in [0.05, 0.1) is 0 Å². The van der Waals surface area contributed by atoms with Gasteiger partial charge in [-0.2, -0.15) is 0 Å².